The van der Waals surface area contributed by atoms with E-state index in [2.05, 4.69) is 17.1 Å². The summed E-state index contributed by atoms with van der Waals surface area (Å²) in [6.45, 7) is 6.31. The maximum Gasteiger partial charge on any atom is 0.226 e. The van der Waals surface area contributed by atoms with Crippen molar-refractivity contribution >= 4 is 0 Å². The third kappa shape index (κ3) is 3.57. The van der Waals surface area contributed by atoms with Crippen LogP contribution in [0.2, 0.25) is 0 Å². The van der Waals surface area contributed by atoms with Crippen molar-refractivity contribution in [2.24, 2.45) is 5.73 Å². The summed E-state index contributed by atoms with van der Waals surface area (Å²) in [5, 5.41) is 3.90. The molecule has 0 spiro atoms. The molecule has 0 bridgehead atoms. The van der Waals surface area contributed by atoms with Gasteiger partial charge in [-0.1, -0.05) is 24.2 Å². The lowest BCUT2D eigenvalue weighted by molar-refractivity contribution is 0.281. The summed E-state index contributed by atoms with van der Waals surface area (Å²) in [5.74, 6) is 2.00. The Labute approximate surface area is 119 Å². The van der Waals surface area contributed by atoms with Gasteiger partial charge in [-0.3, -0.25) is 0 Å². The van der Waals surface area contributed by atoms with Crippen LogP contribution in [0.1, 0.15) is 49.2 Å². The first-order chi connectivity index (χ1) is 9.60. The van der Waals surface area contributed by atoms with Crippen molar-refractivity contribution in [3.63, 3.8) is 0 Å². The second kappa shape index (κ2) is 6.52. The fraction of sp³-hybridized carbons (Fsp3) is 0.467. The minimum Gasteiger partial charge on any atom is -0.485 e. The Balaban J connectivity index is 2.07. The largest absolute Gasteiger partial charge is 0.485 e. The minimum atomic E-state index is -0.0773. The van der Waals surface area contributed by atoms with Crippen LogP contribution in [0.3, 0.4) is 0 Å². The lowest BCUT2D eigenvalue weighted by atomic mass is 10.1. The maximum atomic E-state index is 5.95. The summed E-state index contributed by atoms with van der Waals surface area (Å²) in [6, 6.07) is 5.92. The van der Waals surface area contributed by atoms with Crippen LogP contribution in [0.15, 0.2) is 22.7 Å². The van der Waals surface area contributed by atoms with Gasteiger partial charge >= 0.3 is 0 Å². The van der Waals surface area contributed by atoms with Gasteiger partial charge in [-0.05, 0) is 31.9 Å². The number of aromatic nitrogens is 2. The van der Waals surface area contributed by atoms with Crippen LogP contribution in [0.4, 0.5) is 0 Å². The number of hydrogen-bond acceptors (Lipinski definition) is 5. The van der Waals surface area contributed by atoms with Gasteiger partial charge in [-0.25, -0.2) is 0 Å². The number of nitrogens with two attached hydrogens (primary N) is 1. The van der Waals surface area contributed by atoms with Crippen molar-refractivity contribution in [1.29, 1.82) is 0 Å². The van der Waals surface area contributed by atoms with Crippen molar-refractivity contribution in [3.8, 4) is 5.75 Å². The van der Waals surface area contributed by atoms with Crippen LogP contribution in [-0.4, -0.2) is 10.1 Å². The molecule has 1 atom stereocenters. The molecule has 0 aliphatic heterocycles. The molecule has 2 aromatic rings. The Morgan fingerprint density at radius 3 is 2.90 bits per heavy atom. The highest BCUT2D eigenvalue weighted by atomic mass is 16.5. The first-order valence-corrected chi connectivity index (χ1v) is 6.90. The highest BCUT2D eigenvalue weighted by Gasteiger charge is 2.11. The van der Waals surface area contributed by atoms with Crippen molar-refractivity contribution in [2.75, 3.05) is 0 Å². The Bertz CT molecular complexity index is 564. The molecule has 1 aromatic carbocycles. The van der Waals surface area contributed by atoms with E-state index in [9.17, 15) is 0 Å². The van der Waals surface area contributed by atoms with E-state index in [-0.39, 0.29) is 12.6 Å². The average molecular weight is 275 g/mol. The van der Waals surface area contributed by atoms with Gasteiger partial charge < -0.3 is 15.0 Å². The van der Waals surface area contributed by atoms with Gasteiger partial charge in [0.05, 0.1) is 0 Å². The van der Waals surface area contributed by atoms with Crippen LogP contribution in [0.25, 0.3) is 0 Å². The molecule has 0 unspecified atom stereocenters. The summed E-state index contributed by atoms with van der Waals surface area (Å²) in [4.78, 5) is 4.28. The van der Waals surface area contributed by atoms with Crippen LogP contribution in [0, 0.1) is 6.92 Å². The van der Waals surface area contributed by atoms with Gasteiger partial charge in [0, 0.05) is 18.0 Å². The van der Waals surface area contributed by atoms with E-state index >= 15 is 0 Å². The number of nitrogens with zero attached hydrogens (tertiary/aromatic N) is 2. The second-order valence-corrected chi connectivity index (χ2v) is 4.97. The molecule has 0 aliphatic carbocycles. The molecule has 0 fully saturated rings. The predicted octanol–water partition coefficient (Wildman–Crippen LogP) is 2.93. The molecule has 2 N–H and O–H groups in total. The molecule has 0 radical (unpaired) electrons. The molecular formula is C15H21N3O2. The van der Waals surface area contributed by atoms with E-state index in [1.807, 2.05) is 32.0 Å². The summed E-state index contributed by atoms with van der Waals surface area (Å²) in [7, 11) is 0. The van der Waals surface area contributed by atoms with E-state index in [0.717, 1.165) is 29.7 Å². The number of ether oxygens (including phenoxy) is 1. The first kappa shape index (κ1) is 14.5. The highest BCUT2D eigenvalue weighted by Crippen LogP contribution is 2.25. The summed E-state index contributed by atoms with van der Waals surface area (Å²) >= 11 is 0. The predicted molar refractivity (Wildman–Crippen MR) is 76.4 cm³/mol. The van der Waals surface area contributed by atoms with Gasteiger partial charge in [-0.15, -0.1) is 0 Å². The zero-order valence-electron chi connectivity index (χ0n) is 12.2. The van der Waals surface area contributed by atoms with Gasteiger partial charge in [0.15, 0.2) is 6.61 Å². The van der Waals surface area contributed by atoms with Gasteiger partial charge in [0.2, 0.25) is 11.7 Å². The van der Waals surface area contributed by atoms with Gasteiger partial charge in [0.1, 0.15) is 5.75 Å². The topological polar surface area (TPSA) is 74.2 Å². The third-order valence-electron chi connectivity index (χ3n) is 2.99. The third-order valence-corrected chi connectivity index (χ3v) is 2.99. The molecule has 108 valence electrons. The average Bonchev–Trinajstić information content (AvgIpc) is 2.84. The highest BCUT2D eigenvalue weighted by molar-refractivity contribution is 5.38. The Morgan fingerprint density at radius 1 is 1.40 bits per heavy atom. The van der Waals surface area contributed by atoms with E-state index in [4.69, 9.17) is 15.0 Å². The lowest BCUT2D eigenvalue weighted by Crippen LogP contribution is -2.08. The van der Waals surface area contributed by atoms with Crippen molar-refractivity contribution in [2.45, 2.75) is 46.3 Å². The summed E-state index contributed by atoms with van der Waals surface area (Å²) in [6.07, 6.45) is 1.78. The fourth-order valence-corrected chi connectivity index (χ4v) is 1.95. The molecule has 0 amide bonds. The zero-order valence-corrected chi connectivity index (χ0v) is 12.2. The Morgan fingerprint density at radius 2 is 2.20 bits per heavy atom. The minimum absolute atomic E-state index is 0.0773. The van der Waals surface area contributed by atoms with E-state index in [1.165, 1.54) is 0 Å². The molecule has 1 aromatic heterocycles. The Kier molecular flexibility index (Phi) is 4.74. The SMILES string of the molecule is CCCc1nc(COc2cc(C)ccc2[C@@H](C)N)no1. The van der Waals surface area contributed by atoms with Crippen molar-refractivity contribution in [3.05, 3.63) is 41.0 Å². The molecule has 2 rings (SSSR count). The molecule has 5 nitrogen and oxygen atoms in total. The van der Waals surface area contributed by atoms with Crippen molar-refractivity contribution in [1.82, 2.24) is 10.1 Å². The first-order valence-electron chi connectivity index (χ1n) is 6.90. The normalized spacial score (nSPS) is 12.4. The fourth-order valence-electron chi connectivity index (χ4n) is 1.95. The molecule has 1 heterocycles. The molecule has 0 aliphatic rings. The number of benzene rings is 1. The molecule has 20 heavy (non-hydrogen) atoms. The Hall–Kier alpha value is -1.88. The number of hydrogen-bond donors (Lipinski definition) is 1. The van der Waals surface area contributed by atoms with Crippen LogP contribution < -0.4 is 10.5 Å². The maximum absolute atomic E-state index is 5.95. The smallest absolute Gasteiger partial charge is 0.226 e. The summed E-state index contributed by atoms with van der Waals surface area (Å²) < 4.78 is 10.9. The monoisotopic (exact) mass is 275 g/mol. The van der Waals surface area contributed by atoms with E-state index < -0.39 is 0 Å². The number of aryl methyl sites for hydroxylation is 2. The standard InChI is InChI=1S/C15H21N3O2/c1-4-5-15-17-14(18-20-15)9-19-13-8-10(2)6-7-12(13)11(3)16/h6-8,11H,4-5,9,16H2,1-3H3/t11-/m1/s1. The van der Waals surface area contributed by atoms with Crippen LogP contribution >= 0.6 is 0 Å². The van der Waals surface area contributed by atoms with E-state index in [1.54, 1.807) is 0 Å². The second-order valence-electron chi connectivity index (χ2n) is 4.97. The quantitative estimate of drug-likeness (QED) is 0.877. The molecule has 0 saturated heterocycles. The van der Waals surface area contributed by atoms with Crippen LogP contribution in [0.5, 0.6) is 5.75 Å². The molecular weight excluding hydrogens is 254 g/mol. The molecule has 0 saturated carbocycles. The van der Waals surface area contributed by atoms with Crippen LogP contribution in [-0.2, 0) is 13.0 Å². The van der Waals surface area contributed by atoms with Gasteiger partial charge in [0.25, 0.3) is 0 Å². The molecule has 5 heteroatoms. The van der Waals surface area contributed by atoms with E-state index in [0.29, 0.717) is 11.7 Å². The van der Waals surface area contributed by atoms with Crippen molar-refractivity contribution < 1.29 is 9.26 Å². The number of rotatable bonds is 6. The zero-order chi connectivity index (χ0) is 14.5. The lowest BCUT2D eigenvalue weighted by Gasteiger charge is -2.13. The summed E-state index contributed by atoms with van der Waals surface area (Å²) in [5.41, 5.74) is 8.06. The van der Waals surface area contributed by atoms with Gasteiger partial charge in [-0.2, -0.15) is 4.98 Å².